The number of benzene rings is 2. The maximum absolute atomic E-state index is 10.2. The van der Waals surface area contributed by atoms with Crippen molar-refractivity contribution in [1.29, 1.82) is 0 Å². The van der Waals surface area contributed by atoms with Crippen LogP contribution in [0, 0.1) is 0 Å². The van der Waals surface area contributed by atoms with Gasteiger partial charge in [-0.3, -0.25) is 0 Å². The molecule has 7 heteroatoms. The zero-order valence-electron chi connectivity index (χ0n) is 16.0. The summed E-state index contributed by atoms with van der Waals surface area (Å²) in [4.78, 5) is 0. The molecule has 2 aromatic carbocycles. The van der Waals surface area contributed by atoms with Crippen molar-refractivity contribution in [3.63, 3.8) is 0 Å². The topological polar surface area (TPSA) is 97.6 Å². The minimum absolute atomic E-state index is 0.0744. The number of rotatable bonds is 7. The number of phenolic OH excluding ortho intramolecular Hbond substituents is 1. The molecule has 3 rings (SSSR count). The number of hydrogen-bond donors (Lipinski definition) is 3. The van der Waals surface area contributed by atoms with Gasteiger partial charge in [0.25, 0.3) is 0 Å². The molecule has 0 unspecified atom stereocenters. The first-order valence-electron chi connectivity index (χ1n) is 8.79. The molecule has 0 saturated heterocycles. The van der Waals surface area contributed by atoms with Gasteiger partial charge < -0.3 is 34.3 Å². The van der Waals surface area contributed by atoms with Crippen LogP contribution in [0.15, 0.2) is 30.3 Å². The molecule has 0 aliphatic carbocycles. The Morgan fingerprint density at radius 3 is 2.14 bits per heavy atom. The quantitative estimate of drug-likeness (QED) is 0.671. The Balaban J connectivity index is 2.09. The van der Waals surface area contributed by atoms with Crippen molar-refractivity contribution in [2.45, 2.75) is 12.0 Å². The van der Waals surface area contributed by atoms with Crippen LogP contribution in [0.1, 0.15) is 28.7 Å². The molecule has 0 bridgehead atoms. The smallest absolute Gasteiger partial charge is 0.200 e. The summed E-state index contributed by atoms with van der Waals surface area (Å²) in [6, 6.07) is 7.03. The third kappa shape index (κ3) is 3.46. The molecule has 1 aliphatic heterocycles. The first-order valence-corrected chi connectivity index (χ1v) is 8.79. The van der Waals surface area contributed by atoms with Gasteiger partial charge in [0.15, 0.2) is 23.0 Å². The number of aromatic hydroxyl groups is 1. The van der Waals surface area contributed by atoms with E-state index in [0.717, 1.165) is 11.1 Å². The molecular weight excluding hydrogens is 364 g/mol. The van der Waals surface area contributed by atoms with Gasteiger partial charge >= 0.3 is 0 Å². The number of aliphatic hydroxyl groups is 2. The second kappa shape index (κ2) is 8.41. The lowest BCUT2D eigenvalue weighted by atomic mass is 9.90. The molecule has 1 heterocycles. The molecule has 7 nitrogen and oxygen atoms in total. The molecular formula is C21H24O7. The molecule has 0 amide bonds. The first kappa shape index (κ1) is 19.9. The Morgan fingerprint density at radius 1 is 0.964 bits per heavy atom. The molecule has 150 valence electrons. The summed E-state index contributed by atoms with van der Waals surface area (Å²) < 4.78 is 22.1. The predicted molar refractivity (Wildman–Crippen MR) is 104 cm³/mol. The van der Waals surface area contributed by atoms with Crippen LogP contribution in [0.5, 0.6) is 28.7 Å². The average Bonchev–Trinajstić information content (AvgIpc) is 3.10. The van der Waals surface area contributed by atoms with Crippen molar-refractivity contribution in [3.8, 4) is 28.7 Å². The minimum atomic E-state index is -0.519. The first-order chi connectivity index (χ1) is 13.6. The van der Waals surface area contributed by atoms with E-state index in [1.165, 1.54) is 14.2 Å². The van der Waals surface area contributed by atoms with E-state index in [0.29, 0.717) is 17.1 Å². The van der Waals surface area contributed by atoms with Crippen LogP contribution < -0.4 is 18.9 Å². The summed E-state index contributed by atoms with van der Waals surface area (Å²) in [5.41, 5.74) is 2.32. The minimum Gasteiger partial charge on any atom is -0.502 e. The maximum atomic E-state index is 10.2. The van der Waals surface area contributed by atoms with Gasteiger partial charge in [-0.1, -0.05) is 12.2 Å². The molecule has 1 aliphatic rings. The fraction of sp³-hybridized carbons (Fsp3) is 0.333. The fourth-order valence-corrected chi connectivity index (χ4v) is 3.43. The van der Waals surface area contributed by atoms with E-state index in [9.17, 15) is 10.2 Å². The van der Waals surface area contributed by atoms with Crippen molar-refractivity contribution in [2.24, 2.45) is 0 Å². The van der Waals surface area contributed by atoms with E-state index in [1.54, 1.807) is 37.5 Å². The average molecular weight is 388 g/mol. The Hall–Kier alpha value is -2.90. The molecule has 0 spiro atoms. The largest absolute Gasteiger partial charge is 0.502 e. The van der Waals surface area contributed by atoms with Crippen molar-refractivity contribution in [3.05, 3.63) is 47.0 Å². The summed E-state index contributed by atoms with van der Waals surface area (Å²) in [6.07, 6.45) is 2.88. The van der Waals surface area contributed by atoms with E-state index in [-0.39, 0.29) is 36.4 Å². The van der Waals surface area contributed by atoms with Crippen LogP contribution in [0.25, 0.3) is 6.08 Å². The molecule has 2 atom stereocenters. The van der Waals surface area contributed by atoms with Crippen LogP contribution in [-0.4, -0.2) is 49.9 Å². The number of ether oxygens (including phenoxy) is 4. The molecule has 3 N–H and O–H groups in total. The predicted octanol–water partition coefficient (Wildman–Crippen LogP) is 2.63. The van der Waals surface area contributed by atoms with Crippen LogP contribution >= 0.6 is 0 Å². The molecule has 0 aromatic heterocycles. The van der Waals surface area contributed by atoms with Gasteiger partial charge in [0.05, 0.1) is 40.5 Å². The lowest BCUT2D eigenvalue weighted by Crippen LogP contribution is -2.13. The van der Waals surface area contributed by atoms with Gasteiger partial charge in [0.2, 0.25) is 5.75 Å². The van der Waals surface area contributed by atoms with Gasteiger partial charge in [-0.05, 0) is 29.8 Å². The zero-order chi connectivity index (χ0) is 20.3. The molecule has 0 saturated carbocycles. The van der Waals surface area contributed by atoms with E-state index >= 15 is 0 Å². The summed E-state index contributed by atoms with van der Waals surface area (Å²) in [5.74, 6) is 1.14. The highest BCUT2D eigenvalue weighted by Gasteiger charge is 2.38. The second-order valence-electron chi connectivity index (χ2n) is 6.33. The highest BCUT2D eigenvalue weighted by molar-refractivity contribution is 5.63. The number of phenols is 1. The van der Waals surface area contributed by atoms with Crippen LogP contribution in [0.2, 0.25) is 0 Å². The summed E-state index contributed by atoms with van der Waals surface area (Å²) in [5, 5.41) is 29.3. The van der Waals surface area contributed by atoms with E-state index in [2.05, 4.69) is 0 Å². The number of methoxy groups -OCH3 is 3. The third-order valence-corrected chi connectivity index (χ3v) is 4.78. The van der Waals surface area contributed by atoms with Crippen LogP contribution in [0.3, 0.4) is 0 Å². The van der Waals surface area contributed by atoms with Crippen LogP contribution in [0.4, 0.5) is 0 Å². The number of hydrogen-bond acceptors (Lipinski definition) is 7. The molecule has 28 heavy (non-hydrogen) atoms. The lowest BCUT2D eigenvalue weighted by Gasteiger charge is -2.20. The second-order valence-corrected chi connectivity index (χ2v) is 6.33. The van der Waals surface area contributed by atoms with Gasteiger partial charge in [-0.2, -0.15) is 0 Å². The van der Waals surface area contributed by atoms with Gasteiger partial charge in [-0.25, -0.2) is 0 Å². The monoisotopic (exact) mass is 388 g/mol. The van der Waals surface area contributed by atoms with Crippen molar-refractivity contribution < 1.29 is 34.3 Å². The fourth-order valence-electron chi connectivity index (χ4n) is 3.43. The lowest BCUT2D eigenvalue weighted by molar-refractivity contribution is 0.156. The van der Waals surface area contributed by atoms with E-state index in [1.807, 2.05) is 6.07 Å². The summed E-state index contributed by atoms with van der Waals surface area (Å²) >= 11 is 0. The summed E-state index contributed by atoms with van der Waals surface area (Å²) in [7, 11) is 4.45. The highest BCUT2D eigenvalue weighted by Crippen LogP contribution is 2.52. The normalized spacial score (nSPS) is 18.0. The van der Waals surface area contributed by atoms with E-state index < -0.39 is 6.10 Å². The molecule has 0 radical (unpaired) electrons. The Morgan fingerprint density at radius 2 is 1.61 bits per heavy atom. The Bertz CT molecular complexity index is 850. The summed E-state index contributed by atoms with van der Waals surface area (Å²) in [6.45, 7) is -0.228. The van der Waals surface area contributed by atoms with Crippen molar-refractivity contribution in [2.75, 3.05) is 34.5 Å². The standard InChI is InChI=1S/C21H24O7/c1-25-16-9-13(10-17(26-2)19(16)24)20-15(11-23)14-7-12(5-4-6-22)8-18(27-3)21(14)28-20/h4-5,7-10,15,20,22-24H,6,11H2,1-3H3/t15-,20+/m0/s1. The number of aliphatic hydroxyl groups excluding tert-OH is 2. The van der Waals surface area contributed by atoms with Gasteiger partial charge in [-0.15, -0.1) is 0 Å². The zero-order valence-corrected chi connectivity index (χ0v) is 16.0. The van der Waals surface area contributed by atoms with Crippen molar-refractivity contribution in [1.82, 2.24) is 0 Å². The maximum Gasteiger partial charge on any atom is 0.200 e. The highest BCUT2D eigenvalue weighted by atomic mass is 16.5. The molecule has 0 fully saturated rings. The van der Waals surface area contributed by atoms with Gasteiger partial charge in [0.1, 0.15) is 6.10 Å². The van der Waals surface area contributed by atoms with Crippen LogP contribution in [-0.2, 0) is 0 Å². The van der Waals surface area contributed by atoms with E-state index in [4.69, 9.17) is 24.1 Å². The van der Waals surface area contributed by atoms with Gasteiger partial charge in [0, 0.05) is 11.1 Å². The SMILES string of the molecule is COc1cc([C@H]2Oc3c(OC)cc(C=CCO)cc3[C@@H]2CO)cc(OC)c1O. The molecule has 2 aromatic rings. The van der Waals surface area contributed by atoms with Crippen molar-refractivity contribution >= 4 is 6.08 Å². The third-order valence-electron chi connectivity index (χ3n) is 4.78. The number of fused-ring (bicyclic) bond motifs is 1. The Kier molecular flexibility index (Phi) is 5.96. The Labute approximate surface area is 163 Å².